The first-order valence-electron chi connectivity index (χ1n) is 7.10. The second-order valence-electron chi connectivity index (χ2n) is 5.12. The van der Waals surface area contributed by atoms with Gasteiger partial charge in [-0.15, -0.1) is 0 Å². The highest BCUT2D eigenvalue weighted by Crippen LogP contribution is 2.15. The van der Waals surface area contributed by atoms with Crippen molar-refractivity contribution in [3.8, 4) is 5.75 Å². The van der Waals surface area contributed by atoms with Crippen LogP contribution in [0.15, 0.2) is 34.9 Å². The molecule has 1 atom stereocenters. The molecule has 1 aliphatic heterocycles. The van der Waals surface area contributed by atoms with Gasteiger partial charge >= 0.3 is 0 Å². The molecule has 1 unspecified atom stereocenters. The molecular weight excluding hydrogens is 254 g/mol. The predicted molar refractivity (Wildman–Crippen MR) is 74.4 cm³/mol. The zero-order valence-corrected chi connectivity index (χ0v) is 11.4. The minimum absolute atomic E-state index is 0.319. The summed E-state index contributed by atoms with van der Waals surface area (Å²) in [4.78, 5) is 4.39. The van der Waals surface area contributed by atoms with Crippen LogP contribution in [0.25, 0.3) is 0 Å². The van der Waals surface area contributed by atoms with Crippen molar-refractivity contribution in [3.63, 3.8) is 0 Å². The Labute approximate surface area is 118 Å². The van der Waals surface area contributed by atoms with E-state index in [4.69, 9.17) is 9.26 Å². The van der Waals surface area contributed by atoms with Gasteiger partial charge in [0.25, 0.3) is 5.89 Å². The molecule has 3 rings (SSSR count). The number of benzene rings is 1. The maximum atomic E-state index is 5.59. The van der Waals surface area contributed by atoms with Gasteiger partial charge < -0.3 is 14.6 Å². The number of piperidine rings is 1. The van der Waals surface area contributed by atoms with E-state index in [0.29, 0.717) is 18.4 Å². The molecule has 5 heteroatoms. The largest absolute Gasteiger partial charge is 0.484 e. The van der Waals surface area contributed by atoms with E-state index in [1.165, 1.54) is 12.8 Å². The van der Waals surface area contributed by atoms with Crippen LogP contribution in [0.1, 0.15) is 24.6 Å². The molecule has 0 aliphatic carbocycles. The van der Waals surface area contributed by atoms with Crippen LogP contribution in [0.2, 0.25) is 0 Å². The molecule has 0 bridgehead atoms. The van der Waals surface area contributed by atoms with Crippen molar-refractivity contribution in [1.29, 1.82) is 0 Å². The molecular formula is C15H19N3O2. The molecule has 2 aromatic rings. The Morgan fingerprint density at radius 1 is 1.30 bits per heavy atom. The first kappa shape index (κ1) is 13.1. The SMILES string of the molecule is c1ccc(OCc2nc(CC3CCCNC3)no2)cc1. The summed E-state index contributed by atoms with van der Waals surface area (Å²) < 4.78 is 10.8. The monoisotopic (exact) mass is 273 g/mol. The number of rotatable bonds is 5. The molecule has 0 radical (unpaired) electrons. The molecule has 1 aromatic carbocycles. The Morgan fingerprint density at radius 2 is 2.20 bits per heavy atom. The first-order chi connectivity index (χ1) is 9.90. The third-order valence-corrected chi connectivity index (χ3v) is 3.49. The standard InChI is InChI=1S/C15H19N3O2/c1-2-6-13(7-3-1)19-11-15-17-14(18-20-15)9-12-5-4-8-16-10-12/h1-3,6-7,12,16H,4-5,8-11H2. The van der Waals surface area contributed by atoms with Crippen molar-refractivity contribution >= 4 is 0 Å². The maximum Gasteiger partial charge on any atom is 0.264 e. The molecule has 1 saturated heterocycles. The van der Waals surface area contributed by atoms with Crippen LogP contribution in [-0.2, 0) is 13.0 Å². The van der Waals surface area contributed by atoms with Crippen LogP contribution in [0.4, 0.5) is 0 Å². The Balaban J connectivity index is 1.51. The Morgan fingerprint density at radius 3 is 3.00 bits per heavy atom. The Kier molecular flexibility index (Phi) is 4.28. The molecule has 1 aliphatic rings. The van der Waals surface area contributed by atoms with Gasteiger partial charge in [0.2, 0.25) is 0 Å². The third-order valence-electron chi connectivity index (χ3n) is 3.49. The fourth-order valence-electron chi connectivity index (χ4n) is 2.45. The number of hydrogen-bond donors (Lipinski definition) is 1. The van der Waals surface area contributed by atoms with Crippen LogP contribution in [0, 0.1) is 5.92 Å². The molecule has 20 heavy (non-hydrogen) atoms. The second kappa shape index (κ2) is 6.52. The van der Waals surface area contributed by atoms with Crippen molar-refractivity contribution in [2.24, 2.45) is 5.92 Å². The molecule has 0 spiro atoms. The van der Waals surface area contributed by atoms with Gasteiger partial charge in [0, 0.05) is 6.42 Å². The number of nitrogens with zero attached hydrogens (tertiary/aromatic N) is 2. The van der Waals surface area contributed by atoms with E-state index in [1.54, 1.807) is 0 Å². The average molecular weight is 273 g/mol. The molecule has 0 saturated carbocycles. The van der Waals surface area contributed by atoms with Crippen LogP contribution in [-0.4, -0.2) is 23.2 Å². The van der Waals surface area contributed by atoms with Crippen LogP contribution >= 0.6 is 0 Å². The summed E-state index contributed by atoms with van der Waals surface area (Å²) in [7, 11) is 0. The summed E-state index contributed by atoms with van der Waals surface area (Å²) in [5.41, 5.74) is 0. The minimum Gasteiger partial charge on any atom is -0.484 e. The summed E-state index contributed by atoms with van der Waals surface area (Å²) in [6.45, 7) is 2.49. The topological polar surface area (TPSA) is 60.2 Å². The summed E-state index contributed by atoms with van der Waals surface area (Å²) >= 11 is 0. The van der Waals surface area contributed by atoms with E-state index in [1.807, 2.05) is 30.3 Å². The molecule has 0 amide bonds. The van der Waals surface area contributed by atoms with E-state index in [-0.39, 0.29) is 0 Å². The normalized spacial score (nSPS) is 18.9. The van der Waals surface area contributed by atoms with Crippen molar-refractivity contribution < 1.29 is 9.26 Å². The van der Waals surface area contributed by atoms with Crippen molar-refractivity contribution in [2.45, 2.75) is 25.9 Å². The number of hydrogen-bond acceptors (Lipinski definition) is 5. The van der Waals surface area contributed by atoms with Crippen LogP contribution in [0.5, 0.6) is 5.75 Å². The van der Waals surface area contributed by atoms with Gasteiger partial charge in [-0.25, -0.2) is 0 Å². The zero-order valence-electron chi connectivity index (χ0n) is 11.4. The zero-order chi connectivity index (χ0) is 13.6. The van der Waals surface area contributed by atoms with Crippen LogP contribution < -0.4 is 10.1 Å². The summed E-state index contributed by atoms with van der Waals surface area (Å²) in [6.07, 6.45) is 3.34. The molecule has 2 heterocycles. The van der Waals surface area contributed by atoms with Gasteiger partial charge in [-0.2, -0.15) is 4.98 Å². The number of para-hydroxylation sites is 1. The Hall–Kier alpha value is -1.88. The number of aromatic nitrogens is 2. The quantitative estimate of drug-likeness (QED) is 0.905. The predicted octanol–water partition coefficient (Wildman–Crippen LogP) is 2.19. The lowest BCUT2D eigenvalue weighted by molar-refractivity contribution is 0.242. The molecule has 1 N–H and O–H groups in total. The van der Waals surface area contributed by atoms with Gasteiger partial charge in [-0.3, -0.25) is 0 Å². The van der Waals surface area contributed by atoms with Crippen molar-refractivity contribution in [2.75, 3.05) is 13.1 Å². The number of ether oxygens (including phenoxy) is 1. The third kappa shape index (κ3) is 3.57. The van der Waals surface area contributed by atoms with Gasteiger partial charge in [0.1, 0.15) is 5.75 Å². The Bertz CT molecular complexity index is 521. The van der Waals surface area contributed by atoms with Crippen LogP contribution in [0.3, 0.4) is 0 Å². The molecule has 1 fully saturated rings. The molecule has 1 aromatic heterocycles. The number of nitrogens with one attached hydrogen (secondary N) is 1. The van der Waals surface area contributed by atoms with E-state index < -0.39 is 0 Å². The molecule has 5 nitrogen and oxygen atoms in total. The first-order valence-corrected chi connectivity index (χ1v) is 7.10. The van der Waals surface area contributed by atoms with Gasteiger partial charge in [-0.05, 0) is 44.0 Å². The summed E-state index contributed by atoms with van der Waals surface area (Å²) in [5, 5.41) is 7.43. The van der Waals surface area contributed by atoms with Crippen molar-refractivity contribution in [1.82, 2.24) is 15.5 Å². The van der Waals surface area contributed by atoms with E-state index in [9.17, 15) is 0 Å². The highest BCUT2D eigenvalue weighted by atomic mass is 16.5. The lowest BCUT2D eigenvalue weighted by Crippen LogP contribution is -2.31. The lowest BCUT2D eigenvalue weighted by atomic mass is 9.96. The fourth-order valence-corrected chi connectivity index (χ4v) is 2.45. The molecule has 106 valence electrons. The van der Waals surface area contributed by atoms with E-state index in [2.05, 4.69) is 15.5 Å². The lowest BCUT2D eigenvalue weighted by Gasteiger charge is -2.20. The van der Waals surface area contributed by atoms with E-state index in [0.717, 1.165) is 31.1 Å². The fraction of sp³-hybridized carbons (Fsp3) is 0.467. The van der Waals surface area contributed by atoms with Gasteiger partial charge in [0.05, 0.1) is 0 Å². The summed E-state index contributed by atoms with van der Waals surface area (Å²) in [5.74, 6) is 2.74. The van der Waals surface area contributed by atoms with Crippen molar-refractivity contribution in [3.05, 3.63) is 42.0 Å². The second-order valence-corrected chi connectivity index (χ2v) is 5.12. The average Bonchev–Trinajstić information content (AvgIpc) is 2.95. The van der Waals surface area contributed by atoms with Gasteiger partial charge in [-0.1, -0.05) is 23.4 Å². The van der Waals surface area contributed by atoms with Gasteiger partial charge in [0.15, 0.2) is 12.4 Å². The minimum atomic E-state index is 0.319. The smallest absolute Gasteiger partial charge is 0.264 e. The highest BCUT2D eigenvalue weighted by Gasteiger charge is 2.17. The summed E-state index contributed by atoms with van der Waals surface area (Å²) in [6, 6.07) is 9.64. The van der Waals surface area contributed by atoms with E-state index >= 15 is 0 Å². The maximum absolute atomic E-state index is 5.59. The highest BCUT2D eigenvalue weighted by molar-refractivity contribution is 5.20.